The number of amides is 2. The van der Waals surface area contributed by atoms with Gasteiger partial charge in [0, 0.05) is 44.2 Å². The summed E-state index contributed by atoms with van der Waals surface area (Å²) in [5.41, 5.74) is 1.42. The maximum atomic E-state index is 12.8. The highest BCUT2D eigenvalue weighted by Crippen LogP contribution is 2.30. The minimum Gasteiger partial charge on any atom is -0.478 e. The number of H-pyrrole nitrogens is 1. The van der Waals surface area contributed by atoms with E-state index in [-0.39, 0.29) is 23.3 Å². The van der Waals surface area contributed by atoms with Crippen molar-refractivity contribution in [3.63, 3.8) is 0 Å². The van der Waals surface area contributed by atoms with E-state index in [1.54, 1.807) is 25.8 Å². The van der Waals surface area contributed by atoms with E-state index in [9.17, 15) is 19.5 Å². The molecule has 1 atom stereocenters. The number of likely N-dealkylation sites (tertiary alicyclic amines) is 1. The molecule has 26 heavy (non-hydrogen) atoms. The van der Waals surface area contributed by atoms with Gasteiger partial charge in [0.05, 0.1) is 5.56 Å². The second-order valence-corrected chi connectivity index (χ2v) is 7.67. The molecule has 7 nitrogen and oxygen atoms in total. The summed E-state index contributed by atoms with van der Waals surface area (Å²) in [6, 6.07) is 0.375. The van der Waals surface area contributed by atoms with Gasteiger partial charge >= 0.3 is 5.97 Å². The Labute approximate surface area is 153 Å². The number of carbonyl (C=O) groups is 3. The average Bonchev–Trinajstić information content (AvgIpc) is 3.26. The zero-order chi connectivity index (χ0) is 19.0. The molecule has 1 saturated heterocycles. The predicted molar refractivity (Wildman–Crippen MR) is 96.3 cm³/mol. The van der Waals surface area contributed by atoms with E-state index < -0.39 is 5.97 Å². The van der Waals surface area contributed by atoms with Gasteiger partial charge in [-0.2, -0.15) is 0 Å². The van der Waals surface area contributed by atoms with Gasteiger partial charge in [0.2, 0.25) is 5.91 Å². The second kappa shape index (κ2) is 7.13. The fourth-order valence-corrected chi connectivity index (χ4v) is 4.45. The maximum Gasteiger partial charge on any atom is 0.337 e. The molecule has 1 aliphatic carbocycles. The van der Waals surface area contributed by atoms with Crippen molar-refractivity contribution in [2.24, 2.45) is 5.92 Å². The van der Waals surface area contributed by atoms with Crippen LogP contribution >= 0.6 is 0 Å². The number of nitrogens with zero attached hydrogens (tertiary/aromatic N) is 2. The molecule has 3 rings (SSSR count). The van der Waals surface area contributed by atoms with Gasteiger partial charge in [-0.25, -0.2) is 4.79 Å². The van der Waals surface area contributed by atoms with E-state index in [1.165, 1.54) is 12.8 Å². The molecule has 2 fully saturated rings. The largest absolute Gasteiger partial charge is 0.478 e. The molecule has 0 radical (unpaired) electrons. The summed E-state index contributed by atoms with van der Waals surface area (Å²) in [6.07, 6.45) is 5.04. The van der Waals surface area contributed by atoms with Crippen LogP contribution < -0.4 is 0 Å². The van der Waals surface area contributed by atoms with Crippen LogP contribution in [0.5, 0.6) is 0 Å². The average molecular weight is 361 g/mol. The number of aromatic carboxylic acids is 1. The molecule has 0 bridgehead atoms. The Hall–Kier alpha value is -2.31. The molecule has 1 aliphatic heterocycles. The number of aromatic amines is 1. The van der Waals surface area contributed by atoms with Gasteiger partial charge in [0.15, 0.2) is 0 Å². The van der Waals surface area contributed by atoms with E-state index in [2.05, 4.69) is 4.98 Å². The summed E-state index contributed by atoms with van der Waals surface area (Å²) in [5.74, 6) is -0.938. The van der Waals surface area contributed by atoms with Crippen molar-refractivity contribution in [2.45, 2.75) is 52.0 Å². The number of carboxylic acid groups (broad SMARTS) is 1. The fourth-order valence-electron chi connectivity index (χ4n) is 4.45. The lowest BCUT2D eigenvalue weighted by Crippen LogP contribution is -2.36. The van der Waals surface area contributed by atoms with Gasteiger partial charge in [0.25, 0.3) is 5.91 Å². The number of hydrogen-bond donors (Lipinski definition) is 2. The summed E-state index contributed by atoms with van der Waals surface area (Å²) in [6.45, 7) is 4.51. The van der Waals surface area contributed by atoms with Crippen molar-refractivity contribution in [1.29, 1.82) is 0 Å². The molecule has 0 aromatic carbocycles. The Bertz CT molecular complexity index is 733. The minimum absolute atomic E-state index is 0.132. The Morgan fingerprint density at radius 2 is 1.92 bits per heavy atom. The van der Waals surface area contributed by atoms with E-state index in [0.717, 1.165) is 12.8 Å². The second-order valence-electron chi connectivity index (χ2n) is 7.67. The van der Waals surface area contributed by atoms with Gasteiger partial charge in [-0.3, -0.25) is 9.59 Å². The quantitative estimate of drug-likeness (QED) is 0.841. The molecule has 1 saturated carbocycles. The molecule has 0 unspecified atom stereocenters. The van der Waals surface area contributed by atoms with Gasteiger partial charge in [-0.1, -0.05) is 12.8 Å². The molecular weight excluding hydrogens is 334 g/mol. The molecule has 7 heteroatoms. The van der Waals surface area contributed by atoms with Crippen molar-refractivity contribution in [3.8, 4) is 0 Å². The van der Waals surface area contributed by atoms with Gasteiger partial charge in [-0.05, 0) is 32.3 Å². The molecule has 1 aromatic rings. The Kier molecular flexibility index (Phi) is 5.07. The van der Waals surface area contributed by atoms with E-state index in [0.29, 0.717) is 42.5 Å². The molecule has 2 aliphatic rings. The van der Waals surface area contributed by atoms with Crippen molar-refractivity contribution < 1.29 is 19.5 Å². The van der Waals surface area contributed by atoms with Crippen LogP contribution in [0.1, 0.15) is 64.2 Å². The molecule has 2 N–H and O–H groups in total. The minimum atomic E-state index is -1.04. The number of nitrogens with one attached hydrogen (secondary N) is 1. The first-order chi connectivity index (χ1) is 12.3. The summed E-state index contributed by atoms with van der Waals surface area (Å²) in [5, 5.41) is 9.28. The Morgan fingerprint density at radius 1 is 1.27 bits per heavy atom. The van der Waals surface area contributed by atoms with E-state index in [4.69, 9.17) is 0 Å². The number of hydrogen-bond acceptors (Lipinski definition) is 3. The summed E-state index contributed by atoms with van der Waals surface area (Å²) >= 11 is 0. The number of aryl methyl sites for hydroxylation is 1. The van der Waals surface area contributed by atoms with Crippen LogP contribution in [0.2, 0.25) is 0 Å². The van der Waals surface area contributed by atoms with E-state index in [1.807, 2.05) is 4.90 Å². The number of rotatable bonds is 5. The molecule has 142 valence electrons. The topological polar surface area (TPSA) is 93.7 Å². The van der Waals surface area contributed by atoms with Gasteiger partial charge < -0.3 is 19.9 Å². The molecular formula is C19H27N3O4. The smallest absolute Gasteiger partial charge is 0.337 e. The van der Waals surface area contributed by atoms with Crippen molar-refractivity contribution in [3.05, 3.63) is 22.5 Å². The molecule has 2 heterocycles. The highest BCUT2D eigenvalue weighted by atomic mass is 16.4. The fraction of sp³-hybridized carbons (Fsp3) is 0.632. The van der Waals surface area contributed by atoms with Gasteiger partial charge in [-0.15, -0.1) is 0 Å². The third-order valence-corrected chi connectivity index (χ3v) is 5.75. The first kappa shape index (κ1) is 18.5. The summed E-state index contributed by atoms with van der Waals surface area (Å²) < 4.78 is 0. The third-order valence-electron chi connectivity index (χ3n) is 5.75. The SMILES string of the molecule is Cc1[nH]c(C(=O)N(C)C[C@@H]2CC(=O)N(C3CCCC3)C2)c(C)c1C(=O)O. The molecule has 0 spiro atoms. The van der Waals surface area contributed by atoms with Crippen LogP contribution in [0.4, 0.5) is 0 Å². The zero-order valence-corrected chi connectivity index (χ0v) is 15.7. The number of carbonyl (C=O) groups excluding carboxylic acids is 2. The molecule has 2 amide bonds. The number of carboxylic acids is 1. The normalized spacial score (nSPS) is 20.8. The highest BCUT2D eigenvalue weighted by molar-refractivity contribution is 5.99. The van der Waals surface area contributed by atoms with Crippen LogP contribution in [0, 0.1) is 19.8 Å². The van der Waals surface area contributed by atoms with Crippen LogP contribution in [-0.4, -0.2) is 63.9 Å². The summed E-state index contributed by atoms with van der Waals surface area (Å²) in [7, 11) is 1.71. The van der Waals surface area contributed by atoms with Crippen molar-refractivity contribution in [2.75, 3.05) is 20.1 Å². The van der Waals surface area contributed by atoms with Gasteiger partial charge in [0.1, 0.15) is 5.69 Å². The standard InChI is InChI=1S/C19H27N3O4/c1-11-16(19(25)26)12(2)20-17(11)18(24)21(3)9-13-8-15(23)22(10-13)14-6-4-5-7-14/h13-14,20H,4-10H2,1-3H3,(H,25,26)/t13-/m0/s1. The van der Waals surface area contributed by atoms with Crippen molar-refractivity contribution in [1.82, 2.24) is 14.8 Å². The predicted octanol–water partition coefficient (Wildman–Crippen LogP) is 2.19. The van der Waals surface area contributed by atoms with Crippen molar-refractivity contribution >= 4 is 17.8 Å². The first-order valence-corrected chi connectivity index (χ1v) is 9.27. The maximum absolute atomic E-state index is 12.8. The Balaban J connectivity index is 1.66. The first-order valence-electron chi connectivity index (χ1n) is 9.27. The lowest BCUT2D eigenvalue weighted by Gasteiger charge is -2.25. The number of aromatic nitrogens is 1. The third kappa shape index (κ3) is 3.34. The Morgan fingerprint density at radius 3 is 2.50 bits per heavy atom. The van der Waals surface area contributed by atoms with Crippen LogP contribution in [0.15, 0.2) is 0 Å². The van der Waals surface area contributed by atoms with Crippen LogP contribution in [0.25, 0.3) is 0 Å². The lowest BCUT2D eigenvalue weighted by atomic mass is 10.1. The monoisotopic (exact) mass is 361 g/mol. The lowest BCUT2D eigenvalue weighted by molar-refractivity contribution is -0.129. The highest BCUT2D eigenvalue weighted by Gasteiger charge is 2.36. The molecule has 1 aromatic heterocycles. The van der Waals surface area contributed by atoms with Crippen LogP contribution in [0.3, 0.4) is 0 Å². The zero-order valence-electron chi connectivity index (χ0n) is 15.7. The van der Waals surface area contributed by atoms with Crippen LogP contribution in [-0.2, 0) is 4.79 Å². The van der Waals surface area contributed by atoms with E-state index >= 15 is 0 Å². The summed E-state index contributed by atoms with van der Waals surface area (Å²) in [4.78, 5) is 42.9.